The molecule has 2 unspecified atom stereocenters. The summed E-state index contributed by atoms with van der Waals surface area (Å²) in [7, 11) is 0. The maximum Gasteiger partial charge on any atom is 0.239 e. The molecule has 6 heteroatoms. The van der Waals surface area contributed by atoms with Gasteiger partial charge in [0.2, 0.25) is 5.91 Å². The van der Waals surface area contributed by atoms with Crippen LogP contribution in [0.4, 0.5) is 5.69 Å². The van der Waals surface area contributed by atoms with Gasteiger partial charge in [-0.25, -0.2) is 0 Å². The minimum absolute atomic E-state index is 0.0375. The molecule has 1 aliphatic heterocycles. The van der Waals surface area contributed by atoms with Crippen LogP contribution in [-0.4, -0.2) is 61.0 Å². The minimum Gasteiger partial charge on any atom is -0.368 e. The van der Waals surface area contributed by atoms with Crippen LogP contribution in [0.3, 0.4) is 0 Å². The molecule has 1 aliphatic carbocycles. The number of nitrogens with zero attached hydrogens (tertiary/aromatic N) is 3. The van der Waals surface area contributed by atoms with Gasteiger partial charge in [0.1, 0.15) is 0 Å². The number of benzene rings is 2. The van der Waals surface area contributed by atoms with Crippen LogP contribution in [0.5, 0.6) is 0 Å². The molecule has 4 rings (SSSR count). The third kappa shape index (κ3) is 7.24. The lowest BCUT2D eigenvalue weighted by atomic mass is 10.0. The highest BCUT2D eigenvalue weighted by atomic mass is 35.5. The number of nitrogens with two attached hydrogens (primary N) is 1. The van der Waals surface area contributed by atoms with Gasteiger partial charge in [-0.15, -0.1) is 0 Å². The van der Waals surface area contributed by atoms with E-state index < -0.39 is 6.04 Å². The van der Waals surface area contributed by atoms with Gasteiger partial charge in [-0.2, -0.15) is 0 Å². The first kappa shape index (κ1) is 27.0. The minimum atomic E-state index is -0.526. The fourth-order valence-electron chi connectivity index (χ4n) is 5.19. The first-order valence-corrected chi connectivity index (χ1v) is 14.1. The molecule has 0 radical (unpaired) electrons. The van der Waals surface area contributed by atoms with Gasteiger partial charge >= 0.3 is 0 Å². The van der Waals surface area contributed by atoms with Gasteiger partial charge in [-0.05, 0) is 80.3 Å². The summed E-state index contributed by atoms with van der Waals surface area (Å²) in [6, 6.07) is 16.3. The van der Waals surface area contributed by atoms with Gasteiger partial charge in [0.25, 0.3) is 0 Å². The lowest BCUT2D eigenvalue weighted by molar-refractivity contribution is -0.132. The molecule has 196 valence electrons. The van der Waals surface area contributed by atoms with Crippen molar-refractivity contribution in [2.75, 3.05) is 44.2 Å². The number of carbonyl (C=O) groups excluding carboxylic acids is 1. The van der Waals surface area contributed by atoms with E-state index in [0.717, 1.165) is 31.1 Å². The van der Waals surface area contributed by atoms with Crippen LogP contribution in [-0.2, 0) is 11.2 Å². The zero-order chi connectivity index (χ0) is 25.7. The highest BCUT2D eigenvalue weighted by Crippen LogP contribution is 2.36. The largest absolute Gasteiger partial charge is 0.368 e. The van der Waals surface area contributed by atoms with Crippen molar-refractivity contribution in [3.63, 3.8) is 0 Å². The van der Waals surface area contributed by atoms with E-state index >= 15 is 0 Å². The van der Waals surface area contributed by atoms with Crippen molar-refractivity contribution in [1.29, 1.82) is 0 Å². The maximum atomic E-state index is 13.1. The van der Waals surface area contributed by atoms with E-state index in [1.54, 1.807) is 0 Å². The van der Waals surface area contributed by atoms with Gasteiger partial charge in [0.15, 0.2) is 0 Å². The van der Waals surface area contributed by atoms with Gasteiger partial charge in [0.05, 0.1) is 6.04 Å². The summed E-state index contributed by atoms with van der Waals surface area (Å²) >= 11 is 5.98. The summed E-state index contributed by atoms with van der Waals surface area (Å²) in [5.74, 6) is 1.62. The first-order valence-electron chi connectivity index (χ1n) is 13.7. The second kappa shape index (κ2) is 12.4. The maximum absolute atomic E-state index is 13.1. The topological polar surface area (TPSA) is 52.8 Å². The molecule has 2 aromatic rings. The molecule has 0 aromatic heterocycles. The highest BCUT2D eigenvalue weighted by molar-refractivity contribution is 6.30. The Morgan fingerprint density at radius 1 is 1.03 bits per heavy atom. The molecule has 2 N–H and O–H groups in total. The number of piperazine rings is 1. The van der Waals surface area contributed by atoms with Crippen molar-refractivity contribution >= 4 is 23.2 Å². The number of anilines is 1. The molecule has 1 saturated heterocycles. The number of hydrogen-bond donors (Lipinski definition) is 1. The zero-order valence-electron chi connectivity index (χ0n) is 22.2. The summed E-state index contributed by atoms with van der Waals surface area (Å²) in [5, 5.41) is 0.694. The Labute approximate surface area is 222 Å². The molecule has 1 amide bonds. The van der Waals surface area contributed by atoms with Crippen molar-refractivity contribution < 1.29 is 4.79 Å². The molecule has 36 heavy (non-hydrogen) atoms. The molecule has 5 nitrogen and oxygen atoms in total. The zero-order valence-corrected chi connectivity index (χ0v) is 23.0. The standard InChI is InChI=1S/C30H43ClN4O/c1-22(2)14-15-35(21-25-8-9-25)23(3)27-6-4-5-7-29(27)33-16-18-34(19-17-33)30(36)28(32)20-24-10-12-26(31)13-11-24/h4-7,10-13,22-23,25,28H,8-9,14-21,32H2,1-3H3. The van der Waals surface area contributed by atoms with E-state index in [0.29, 0.717) is 36.5 Å². The van der Waals surface area contributed by atoms with Crippen molar-refractivity contribution in [3.8, 4) is 0 Å². The SMILES string of the molecule is CC(C)CCN(CC1CC1)C(C)c1ccccc1N1CCN(C(=O)C(N)Cc2ccc(Cl)cc2)CC1. The predicted molar refractivity (Wildman–Crippen MR) is 151 cm³/mol. The molecule has 0 bridgehead atoms. The summed E-state index contributed by atoms with van der Waals surface area (Å²) in [6.07, 6.45) is 4.52. The third-order valence-corrected chi connectivity index (χ3v) is 7.99. The molecular weight excluding hydrogens is 468 g/mol. The highest BCUT2D eigenvalue weighted by Gasteiger charge is 2.30. The Morgan fingerprint density at radius 2 is 1.69 bits per heavy atom. The van der Waals surface area contributed by atoms with Crippen molar-refractivity contribution in [1.82, 2.24) is 9.80 Å². The van der Waals surface area contributed by atoms with Crippen LogP contribution in [0.1, 0.15) is 57.2 Å². The Morgan fingerprint density at radius 3 is 2.33 bits per heavy atom. The molecule has 1 saturated carbocycles. The van der Waals surface area contributed by atoms with Crippen molar-refractivity contribution in [3.05, 3.63) is 64.7 Å². The van der Waals surface area contributed by atoms with E-state index in [-0.39, 0.29) is 5.91 Å². The Kier molecular flexibility index (Phi) is 9.32. The Bertz CT molecular complexity index is 983. The molecule has 1 heterocycles. The van der Waals surface area contributed by atoms with Gasteiger partial charge in [-0.1, -0.05) is 55.8 Å². The smallest absolute Gasteiger partial charge is 0.239 e. The fourth-order valence-corrected chi connectivity index (χ4v) is 5.31. The van der Waals surface area contributed by atoms with Gasteiger partial charge in [-0.3, -0.25) is 9.69 Å². The number of amides is 1. The number of rotatable bonds is 11. The van der Waals surface area contributed by atoms with Gasteiger partial charge < -0.3 is 15.5 Å². The second-order valence-electron chi connectivity index (χ2n) is 11.1. The molecule has 2 fully saturated rings. The Balaban J connectivity index is 1.37. The van der Waals surface area contributed by atoms with Gasteiger partial charge in [0, 0.05) is 49.5 Å². The number of carbonyl (C=O) groups is 1. The average Bonchev–Trinajstić information content (AvgIpc) is 3.71. The monoisotopic (exact) mass is 510 g/mol. The number of halogens is 1. The molecular formula is C30H43ClN4O. The predicted octanol–water partition coefficient (Wildman–Crippen LogP) is 5.38. The van der Waals surface area contributed by atoms with Crippen molar-refractivity contribution in [2.45, 2.75) is 58.5 Å². The first-order chi connectivity index (χ1) is 17.3. The van der Waals surface area contributed by atoms with Crippen LogP contribution < -0.4 is 10.6 Å². The fraction of sp³-hybridized carbons (Fsp3) is 0.567. The van der Waals surface area contributed by atoms with E-state index in [2.05, 4.69) is 54.8 Å². The second-order valence-corrected chi connectivity index (χ2v) is 11.5. The van der Waals surface area contributed by atoms with Crippen molar-refractivity contribution in [2.24, 2.45) is 17.6 Å². The summed E-state index contributed by atoms with van der Waals surface area (Å²) in [6.45, 7) is 12.4. The molecule has 2 aliphatic rings. The van der Waals surface area contributed by atoms with Crippen LogP contribution in [0.25, 0.3) is 0 Å². The van der Waals surface area contributed by atoms with E-state index in [4.69, 9.17) is 17.3 Å². The Hall–Kier alpha value is -2.08. The summed E-state index contributed by atoms with van der Waals surface area (Å²) < 4.78 is 0. The molecule has 2 aromatic carbocycles. The normalized spacial score (nSPS) is 18.1. The van der Waals surface area contributed by atoms with E-state index in [1.807, 2.05) is 29.2 Å². The van der Waals surface area contributed by atoms with Crippen LogP contribution in [0, 0.1) is 11.8 Å². The number of para-hydroxylation sites is 1. The van der Waals surface area contributed by atoms with E-state index in [9.17, 15) is 4.79 Å². The lowest BCUT2D eigenvalue weighted by Crippen LogP contribution is -2.54. The quantitative estimate of drug-likeness (QED) is 0.441. The summed E-state index contributed by atoms with van der Waals surface area (Å²) in [4.78, 5) is 20.2. The third-order valence-electron chi connectivity index (χ3n) is 7.74. The number of hydrogen-bond acceptors (Lipinski definition) is 4. The van der Waals surface area contributed by atoms with Crippen LogP contribution >= 0.6 is 11.6 Å². The summed E-state index contributed by atoms with van der Waals surface area (Å²) in [5.41, 5.74) is 10.1. The van der Waals surface area contributed by atoms with Crippen LogP contribution in [0.15, 0.2) is 48.5 Å². The van der Waals surface area contributed by atoms with E-state index in [1.165, 1.54) is 37.1 Å². The van der Waals surface area contributed by atoms with Crippen LogP contribution in [0.2, 0.25) is 5.02 Å². The molecule has 2 atom stereocenters. The average molecular weight is 511 g/mol. The molecule has 0 spiro atoms. The lowest BCUT2D eigenvalue weighted by Gasteiger charge is -2.39.